The molecule has 0 aliphatic rings. The summed E-state index contributed by atoms with van der Waals surface area (Å²) in [4.78, 5) is 21.6. The lowest BCUT2D eigenvalue weighted by atomic mass is 10.1. The first-order chi connectivity index (χ1) is 7.54. The lowest BCUT2D eigenvalue weighted by Crippen LogP contribution is -2.03. The van der Waals surface area contributed by atoms with Gasteiger partial charge in [-0.25, -0.2) is 0 Å². The van der Waals surface area contributed by atoms with E-state index in [4.69, 9.17) is 5.11 Å². The first-order valence-corrected chi connectivity index (χ1v) is 5.65. The van der Waals surface area contributed by atoms with Gasteiger partial charge in [-0.3, -0.25) is 14.9 Å². The molecule has 1 aromatic rings. The van der Waals surface area contributed by atoms with E-state index in [1.807, 2.05) is 6.92 Å². The van der Waals surface area contributed by atoms with E-state index in [1.54, 1.807) is 12.1 Å². The molecule has 0 amide bonds. The highest BCUT2D eigenvalue weighted by Crippen LogP contribution is 2.26. The maximum Gasteiger partial charge on any atom is 0.308 e. The molecule has 0 aliphatic heterocycles. The number of nitro groups is 1. The summed E-state index contributed by atoms with van der Waals surface area (Å²) in [5.41, 5.74) is 0.110. The summed E-state index contributed by atoms with van der Waals surface area (Å²) < 4.78 is 0. The highest BCUT2D eigenvalue weighted by Gasteiger charge is 2.16. The SMILES string of the molecule is CCSc1ccc([N+](=O)[O-])c(CC(=O)O)c1. The predicted molar refractivity (Wildman–Crippen MR) is 60.8 cm³/mol. The second kappa shape index (κ2) is 5.50. The Morgan fingerprint density at radius 3 is 2.75 bits per heavy atom. The summed E-state index contributed by atoms with van der Waals surface area (Å²) in [6.45, 7) is 1.96. The summed E-state index contributed by atoms with van der Waals surface area (Å²) in [7, 11) is 0. The Kier molecular flexibility index (Phi) is 4.30. The fourth-order valence-corrected chi connectivity index (χ4v) is 2.02. The van der Waals surface area contributed by atoms with Gasteiger partial charge >= 0.3 is 5.97 Å². The van der Waals surface area contributed by atoms with Crippen LogP contribution in [0.1, 0.15) is 12.5 Å². The molecule has 0 radical (unpaired) electrons. The lowest BCUT2D eigenvalue weighted by Gasteiger charge is -2.03. The molecule has 0 saturated heterocycles. The Balaban J connectivity index is 3.10. The highest BCUT2D eigenvalue weighted by atomic mass is 32.2. The van der Waals surface area contributed by atoms with E-state index in [1.165, 1.54) is 17.8 Å². The standard InChI is InChI=1S/C10H11NO4S/c1-2-16-8-3-4-9(11(14)15)7(5-8)6-10(12)13/h3-5H,2,6H2,1H3,(H,12,13). The average Bonchev–Trinajstić information content (AvgIpc) is 2.16. The maximum absolute atomic E-state index is 10.7. The van der Waals surface area contributed by atoms with Crippen molar-refractivity contribution >= 4 is 23.4 Å². The first kappa shape index (κ1) is 12.5. The minimum absolute atomic E-state index is 0.136. The number of rotatable bonds is 5. The number of carboxylic acids is 1. The van der Waals surface area contributed by atoms with Crippen LogP contribution in [0.15, 0.2) is 23.1 Å². The van der Waals surface area contributed by atoms with Crippen molar-refractivity contribution in [3.63, 3.8) is 0 Å². The molecule has 5 nitrogen and oxygen atoms in total. The summed E-state index contributed by atoms with van der Waals surface area (Å²) in [6.07, 6.45) is -0.325. The summed E-state index contributed by atoms with van der Waals surface area (Å²) in [5, 5.41) is 19.3. The van der Waals surface area contributed by atoms with E-state index in [0.717, 1.165) is 10.6 Å². The molecule has 0 aliphatic carbocycles. The van der Waals surface area contributed by atoms with E-state index in [9.17, 15) is 14.9 Å². The van der Waals surface area contributed by atoms with Gasteiger partial charge in [-0.15, -0.1) is 11.8 Å². The van der Waals surface area contributed by atoms with Gasteiger partial charge in [0.15, 0.2) is 0 Å². The third-order valence-electron chi connectivity index (χ3n) is 1.90. The molecule has 0 spiro atoms. The third kappa shape index (κ3) is 3.23. The van der Waals surface area contributed by atoms with Crippen molar-refractivity contribution < 1.29 is 14.8 Å². The Morgan fingerprint density at radius 2 is 2.25 bits per heavy atom. The van der Waals surface area contributed by atoms with Crippen LogP contribution < -0.4 is 0 Å². The highest BCUT2D eigenvalue weighted by molar-refractivity contribution is 7.99. The zero-order chi connectivity index (χ0) is 12.1. The van der Waals surface area contributed by atoms with Crippen LogP contribution in [-0.4, -0.2) is 21.8 Å². The fraction of sp³-hybridized carbons (Fsp3) is 0.300. The van der Waals surface area contributed by atoms with Gasteiger partial charge in [0.2, 0.25) is 0 Å². The van der Waals surface area contributed by atoms with Crippen molar-refractivity contribution in [3.8, 4) is 0 Å². The lowest BCUT2D eigenvalue weighted by molar-refractivity contribution is -0.385. The first-order valence-electron chi connectivity index (χ1n) is 4.66. The van der Waals surface area contributed by atoms with Crippen molar-refractivity contribution in [2.24, 2.45) is 0 Å². The molecule has 0 heterocycles. The molecule has 0 saturated carbocycles. The monoisotopic (exact) mass is 241 g/mol. The molecule has 1 aromatic carbocycles. The number of aliphatic carboxylic acids is 1. The van der Waals surface area contributed by atoms with Gasteiger partial charge in [-0.2, -0.15) is 0 Å². The number of nitro benzene ring substituents is 1. The Morgan fingerprint density at radius 1 is 1.56 bits per heavy atom. The molecule has 1 N–H and O–H groups in total. The molecule has 0 fully saturated rings. The average molecular weight is 241 g/mol. The molecule has 0 unspecified atom stereocenters. The van der Waals surface area contributed by atoms with E-state index in [2.05, 4.69) is 0 Å². The van der Waals surface area contributed by atoms with Gasteiger partial charge in [0, 0.05) is 16.5 Å². The van der Waals surface area contributed by atoms with Gasteiger partial charge in [-0.1, -0.05) is 6.92 Å². The second-order valence-corrected chi connectivity index (χ2v) is 4.39. The van der Waals surface area contributed by atoms with Gasteiger partial charge in [0.05, 0.1) is 11.3 Å². The van der Waals surface area contributed by atoms with E-state index in [0.29, 0.717) is 0 Å². The number of hydrogen-bond acceptors (Lipinski definition) is 4. The smallest absolute Gasteiger partial charge is 0.308 e. The minimum atomic E-state index is -1.07. The quantitative estimate of drug-likeness (QED) is 0.486. The van der Waals surface area contributed by atoms with Crippen molar-refractivity contribution in [3.05, 3.63) is 33.9 Å². The molecule has 0 atom stereocenters. The number of hydrogen-bond donors (Lipinski definition) is 1. The van der Waals surface area contributed by atoms with Crippen LogP contribution >= 0.6 is 11.8 Å². The molecule has 16 heavy (non-hydrogen) atoms. The summed E-state index contributed by atoms with van der Waals surface area (Å²) in [6, 6.07) is 4.56. The van der Waals surface area contributed by atoms with Crippen LogP contribution in [-0.2, 0) is 11.2 Å². The largest absolute Gasteiger partial charge is 0.481 e. The Labute approximate surface area is 96.6 Å². The zero-order valence-electron chi connectivity index (χ0n) is 8.67. The topological polar surface area (TPSA) is 80.4 Å². The second-order valence-electron chi connectivity index (χ2n) is 3.05. The Hall–Kier alpha value is -1.56. The van der Waals surface area contributed by atoms with Crippen LogP contribution in [0, 0.1) is 10.1 Å². The van der Waals surface area contributed by atoms with Crippen molar-refractivity contribution in [1.82, 2.24) is 0 Å². The van der Waals surface area contributed by atoms with E-state index < -0.39 is 10.9 Å². The number of carboxylic acid groups (broad SMARTS) is 1. The van der Waals surface area contributed by atoms with Crippen LogP contribution in [0.5, 0.6) is 0 Å². The predicted octanol–water partition coefficient (Wildman–Crippen LogP) is 2.33. The van der Waals surface area contributed by atoms with E-state index in [-0.39, 0.29) is 17.7 Å². The van der Waals surface area contributed by atoms with Crippen molar-refractivity contribution in [2.45, 2.75) is 18.2 Å². The molecular weight excluding hydrogens is 230 g/mol. The number of thioether (sulfide) groups is 1. The van der Waals surface area contributed by atoms with Crippen molar-refractivity contribution in [2.75, 3.05) is 5.75 Å². The molecule has 6 heteroatoms. The van der Waals surface area contributed by atoms with Gasteiger partial charge in [0.25, 0.3) is 5.69 Å². The minimum Gasteiger partial charge on any atom is -0.481 e. The van der Waals surface area contributed by atoms with Crippen LogP contribution in [0.25, 0.3) is 0 Å². The third-order valence-corrected chi connectivity index (χ3v) is 2.78. The van der Waals surface area contributed by atoms with Crippen LogP contribution in [0.4, 0.5) is 5.69 Å². The van der Waals surface area contributed by atoms with Gasteiger partial charge in [-0.05, 0) is 17.9 Å². The zero-order valence-corrected chi connectivity index (χ0v) is 9.49. The number of carbonyl (C=O) groups is 1. The molecule has 1 rings (SSSR count). The summed E-state index contributed by atoms with van der Waals surface area (Å²) in [5.74, 6) is -0.230. The van der Waals surface area contributed by atoms with Gasteiger partial charge < -0.3 is 5.11 Å². The van der Waals surface area contributed by atoms with Gasteiger partial charge in [0.1, 0.15) is 0 Å². The number of nitrogens with zero attached hydrogens (tertiary/aromatic N) is 1. The van der Waals surface area contributed by atoms with Crippen LogP contribution in [0.3, 0.4) is 0 Å². The molecule has 0 bridgehead atoms. The van der Waals surface area contributed by atoms with E-state index >= 15 is 0 Å². The molecule has 86 valence electrons. The molecular formula is C10H11NO4S. The van der Waals surface area contributed by atoms with Crippen LogP contribution in [0.2, 0.25) is 0 Å². The maximum atomic E-state index is 10.7. The van der Waals surface area contributed by atoms with Crippen molar-refractivity contribution in [1.29, 1.82) is 0 Å². The number of benzene rings is 1. The summed E-state index contributed by atoms with van der Waals surface area (Å²) >= 11 is 1.52. The fourth-order valence-electron chi connectivity index (χ4n) is 1.30. The Bertz CT molecular complexity index is 419. The normalized spacial score (nSPS) is 10.1. The molecule has 0 aromatic heterocycles.